The summed E-state index contributed by atoms with van der Waals surface area (Å²) in [7, 11) is 3.12. The fraction of sp³-hybridized carbons (Fsp3) is 0.238. The molecule has 0 aliphatic rings. The first-order valence-corrected chi connectivity index (χ1v) is 9.17. The highest BCUT2D eigenvalue weighted by Crippen LogP contribution is 2.34. The van der Waals surface area contributed by atoms with Gasteiger partial charge in [0.15, 0.2) is 5.78 Å². The summed E-state index contributed by atoms with van der Waals surface area (Å²) in [5, 5.41) is 10.7. The second-order valence-corrected chi connectivity index (χ2v) is 6.74. The van der Waals surface area contributed by atoms with Crippen molar-refractivity contribution in [2.24, 2.45) is 0 Å². The molecule has 152 valence electrons. The number of ether oxygens (including phenoxy) is 1. The normalized spacial score (nSPS) is 12.2. The Kier molecular flexibility index (Phi) is 7.50. The number of nitrogens with one attached hydrogen (secondary N) is 2. The highest BCUT2D eigenvalue weighted by atomic mass is 35.5. The number of carbonyl (C=O) groups excluding carboxylic acids is 2. The molecule has 1 atom stereocenters. The fourth-order valence-electron chi connectivity index (χ4n) is 3.01. The van der Waals surface area contributed by atoms with Crippen LogP contribution in [0.25, 0.3) is 11.1 Å². The van der Waals surface area contributed by atoms with Crippen molar-refractivity contribution < 1.29 is 14.3 Å². The molecule has 0 aliphatic carbocycles. The van der Waals surface area contributed by atoms with E-state index < -0.39 is 11.6 Å². The molecule has 1 aromatic carbocycles. The Labute approximate surface area is 173 Å². The number of hydrogen-bond donors (Lipinski definition) is 2. The maximum absolute atomic E-state index is 12.8. The molecule has 2 aromatic rings. The van der Waals surface area contributed by atoms with Crippen molar-refractivity contribution in [3.63, 3.8) is 0 Å². The Morgan fingerprint density at radius 2 is 2.07 bits per heavy atom. The smallest absolute Gasteiger partial charge is 0.252 e. The van der Waals surface area contributed by atoms with E-state index in [9.17, 15) is 14.4 Å². The lowest BCUT2D eigenvalue weighted by Crippen LogP contribution is -2.26. The highest BCUT2D eigenvalue weighted by Gasteiger charge is 2.19. The van der Waals surface area contributed by atoms with Crippen LogP contribution in [0.4, 0.5) is 0 Å². The van der Waals surface area contributed by atoms with Gasteiger partial charge in [0.2, 0.25) is 0 Å². The molecular weight excluding hydrogens is 394 g/mol. The third-order valence-electron chi connectivity index (χ3n) is 4.39. The minimum Gasteiger partial charge on any atom is -0.495 e. The maximum Gasteiger partial charge on any atom is 0.252 e. The molecule has 0 saturated heterocycles. The first-order valence-electron chi connectivity index (χ1n) is 8.79. The van der Waals surface area contributed by atoms with E-state index in [0.717, 1.165) is 6.21 Å². The van der Waals surface area contributed by atoms with Crippen LogP contribution in [-0.2, 0) is 4.79 Å². The monoisotopic (exact) mass is 415 g/mol. The molecule has 29 heavy (non-hydrogen) atoms. The number of pyridine rings is 1. The molecule has 1 aromatic heterocycles. The molecule has 1 heterocycles. The van der Waals surface area contributed by atoms with E-state index in [2.05, 4.69) is 5.32 Å². The van der Waals surface area contributed by atoms with Crippen LogP contribution in [-0.4, -0.2) is 37.0 Å². The van der Waals surface area contributed by atoms with Gasteiger partial charge in [0.25, 0.3) is 5.56 Å². The topological polar surface area (TPSA) is 101 Å². The number of ketones is 1. The van der Waals surface area contributed by atoms with E-state index in [1.807, 2.05) is 0 Å². The number of allylic oxidation sites excluding steroid dienone is 1. The number of nitrogens with zero attached hydrogens (tertiary/aromatic N) is 1. The summed E-state index contributed by atoms with van der Waals surface area (Å²) in [6, 6.07) is 5.29. The molecule has 0 fully saturated rings. The number of carbonyl (C=O) groups is 2. The molecule has 0 spiro atoms. The van der Waals surface area contributed by atoms with Crippen LogP contribution >= 0.6 is 11.6 Å². The Bertz CT molecular complexity index is 1030. The average Bonchev–Trinajstić information content (AvgIpc) is 2.70. The Morgan fingerprint density at radius 3 is 2.62 bits per heavy atom. The quantitative estimate of drug-likeness (QED) is 0.372. The second-order valence-electron chi connectivity index (χ2n) is 6.31. The molecule has 0 amide bonds. The molecule has 0 bridgehead atoms. The van der Waals surface area contributed by atoms with Gasteiger partial charge in [0.1, 0.15) is 12.0 Å². The van der Waals surface area contributed by atoms with Crippen LogP contribution < -0.4 is 15.6 Å². The third-order valence-corrected chi connectivity index (χ3v) is 4.62. The first kappa shape index (κ1) is 22.1. The van der Waals surface area contributed by atoms with Gasteiger partial charge in [0, 0.05) is 48.1 Å². The largest absolute Gasteiger partial charge is 0.495 e. The third kappa shape index (κ3) is 5.00. The number of aromatic nitrogens is 1. The van der Waals surface area contributed by atoms with Crippen LogP contribution in [0, 0.1) is 5.41 Å². The lowest BCUT2D eigenvalue weighted by Gasteiger charge is -2.18. The van der Waals surface area contributed by atoms with E-state index in [-0.39, 0.29) is 12.2 Å². The molecule has 2 N–H and O–H groups in total. The zero-order valence-corrected chi connectivity index (χ0v) is 17.1. The van der Waals surface area contributed by atoms with Crippen molar-refractivity contribution in [1.82, 2.24) is 9.88 Å². The van der Waals surface area contributed by atoms with Gasteiger partial charge in [-0.2, -0.15) is 0 Å². The fourth-order valence-corrected chi connectivity index (χ4v) is 3.18. The standard InChI is InChI=1S/C21H22ClN3O4/c1-13(27)17-5-4-15(22)7-18(17)19-8-21(28)25(11-20(19)29-3)16(12-26)6-14(9-23)10-24-2/h4-5,7-12,16,23-24H,6H2,1-3H3/b14-10-,23-9?. The lowest BCUT2D eigenvalue weighted by molar-refractivity contribution is -0.110. The predicted molar refractivity (Wildman–Crippen MR) is 113 cm³/mol. The number of benzene rings is 1. The summed E-state index contributed by atoms with van der Waals surface area (Å²) in [5.41, 5.74) is 1.39. The molecule has 0 aliphatic heterocycles. The molecule has 0 saturated carbocycles. The van der Waals surface area contributed by atoms with Gasteiger partial charge in [-0.3, -0.25) is 9.59 Å². The SMILES string of the molecule is CN/C=C(\C=N)CC(C=O)n1cc(OC)c(-c2cc(Cl)ccc2C(C)=O)cc1=O. The van der Waals surface area contributed by atoms with Gasteiger partial charge >= 0.3 is 0 Å². The van der Waals surface area contributed by atoms with Crippen LogP contribution in [0.2, 0.25) is 5.02 Å². The van der Waals surface area contributed by atoms with E-state index in [0.29, 0.717) is 39.3 Å². The van der Waals surface area contributed by atoms with Gasteiger partial charge in [-0.25, -0.2) is 0 Å². The molecule has 8 heteroatoms. The summed E-state index contributed by atoms with van der Waals surface area (Å²) in [6.45, 7) is 1.43. The number of halogens is 1. The molecule has 0 radical (unpaired) electrons. The van der Waals surface area contributed by atoms with Crippen LogP contribution in [0.3, 0.4) is 0 Å². The second kappa shape index (κ2) is 9.84. The van der Waals surface area contributed by atoms with Crippen molar-refractivity contribution in [3.05, 3.63) is 63.2 Å². The number of rotatable bonds is 9. The average molecular weight is 416 g/mol. The predicted octanol–water partition coefficient (Wildman–Crippen LogP) is 3.26. The van der Waals surface area contributed by atoms with Crippen LogP contribution in [0.5, 0.6) is 5.75 Å². The molecule has 2 rings (SSSR count). The summed E-state index contributed by atoms with van der Waals surface area (Å²) in [6.07, 6.45) is 4.95. The van der Waals surface area contributed by atoms with E-state index in [1.165, 1.54) is 30.9 Å². The zero-order chi connectivity index (χ0) is 21.6. The minimum absolute atomic E-state index is 0.159. The van der Waals surface area contributed by atoms with Gasteiger partial charge in [-0.15, -0.1) is 0 Å². The Morgan fingerprint density at radius 1 is 1.34 bits per heavy atom. The van der Waals surface area contributed by atoms with E-state index in [4.69, 9.17) is 21.7 Å². The molecule has 1 unspecified atom stereocenters. The maximum atomic E-state index is 12.8. The number of methoxy groups -OCH3 is 1. The van der Waals surface area contributed by atoms with E-state index >= 15 is 0 Å². The number of hydrogen-bond acceptors (Lipinski definition) is 6. The zero-order valence-electron chi connectivity index (χ0n) is 16.4. The van der Waals surface area contributed by atoms with Crippen molar-refractivity contribution in [3.8, 4) is 16.9 Å². The van der Waals surface area contributed by atoms with Crippen molar-refractivity contribution in [2.75, 3.05) is 14.2 Å². The van der Waals surface area contributed by atoms with Gasteiger partial charge in [-0.05, 0) is 36.3 Å². The summed E-state index contributed by atoms with van der Waals surface area (Å²) in [5.74, 6) is 0.136. The summed E-state index contributed by atoms with van der Waals surface area (Å²) >= 11 is 6.10. The van der Waals surface area contributed by atoms with Gasteiger partial charge < -0.3 is 24.8 Å². The highest BCUT2D eigenvalue weighted by molar-refractivity contribution is 6.31. The number of aldehydes is 1. The van der Waals surface area contributed by atoms with Crippen LogP contribution in [0.1, 0.15) is 29.7 Å². The van der Waals surface area contributed by atoms with Crippen LogP contribution in [0.15, 0.2) is 47.0 Å². The van der Waals surface area contributed by atoms with Crippen molar-refractivity contribution in [1.29, 1.82) is 5.41 Å². The lowest BCUT2D eigenvalue weighted by atomic mass is 9.97. The molecular formula is C21H22ClN3O4. The van der Waals surface area contributed by atoms with Crippen molar-refractivity contribution in [2.45, 2.75) is 19.4 Å². The Hall–Kier alpha value is -3.19. The van der Waals surface area contributed by atoms with Gasteiger partial charge in [0.05, 0.1) is 19.3 Å². The number of Topliss-reactive ketones (excluding diaryl/α,β-unsaturated/α-hetero) is 1. The first-order chi connectivity index (χ1) is 13.9. The molecule has 7 nitrogen and oxygen atoms in total. The van der Waals surface area contributed by atoms with Crippen molar-refractivity contribution >= 4 is 29.9 Å². The van der Waals surface area contributed by atoms with E-state index in [1.54, 1.807) is 31.4 Å². The van der Waals surface area contributed by atoms with Gasteiger partial charge in [-0.1, -0.05) is 11.6 Å². The summed E-state index contributed by atoms with van der Waals surface area (Å²) in [4.78, 5) is 36.5. The summed E-state index contributed by atoms with van der Waals surface area (Å²) < 4.78 is 6.69. The Balaban J connectivity index is 2.64. The minimum atomic E-state index is -0.821.